The fourth-order valence-corrected chi connectivity index (χ4v) is 5.70. The molecule has 2 aliphatic rings. The third-order valence-electron chi connectivity index (χ3n) is 6.65. The number of fused-ring (bicyclic) bond motifs is 1. The molecule has 0 N–H and O–H groups in total. The molecule has 0 saturated heterocycles. The molecule has 31 heavy (non-hydrogen) atoms. The molecule has 3 aromatic rings. The summed E-state index contributed by atoms with van der Waals surface area (Å²) in [5.74, 6) is -0.419. The van der Waals surface area contributed by atoms with Crippen LogP contribution in [0.4, 0.5) is 8.78 Å². The van der Waals surface area contributed by atoms with Gasteiger partial charge in [-0.05, 0) is 36.8 Å². The average molecular weight is 447 g/mol. The Kier molecular flexibility index (Phi) is 5.16. The Morgan fingerprint density at radius 3 is 2.87 bits per heavy atom. The summed E-state index contributed by atoms with van der Waals surface area (Å²) in [5, 5.41) is 10.4. The predicted molar refractivity (Wildman–Crippen MR) is 112 cm³/mol. The first-order chi connectivity index (χ1) is 14.9. The van der Waals surface area contributed by atoms with E-state index in [0.29, 0.717) is 31.7 Å². The van der Waals surface area contributed by atoms with Crippen LogP contribution in [0, 0.1) is 6.92 Å². The zero-order valence-corrected chi connectivity index (χ0v) is 18.2. The minimum atomic E-state index is -1.32. The molecule has 1 aliphatic heterocycles. The number of aryl methyl sites for hydroxylation is 1. The number of hydrogen-bond acceptors (Lipinski definition) is 5. The lowest BCUT2D eigenvalue weighted by Gasteiger charge is -2.32. The second-order valence-corrected chi connectivity index (χ2v) is 9.49. The summed E-state index contributed by atoms with van der Waals surface area (Å²) in [4.78, 5) is 16.2. The quantitative estimate of drug-likeness (QED) is 0.594. The summed E-state index contributed by atoms with van der Waals surface area (Å²) < 4.78 is 35.0. The van der Waals surface area contributed by atoms with Gasteiger partial charge < -0.3 is 9.42 Å². The first-order valence-corrected chi connectivity index (χ1v) is 11.4. The molecule has 0 aromatic carbocycles. The van der Waals surface area contributed by atoms with Crippen LogP contribution in [0.2, 0.25) is 0 Å². The van der Waals surface area contributed by atoms with Gasteiger partial charge in [0.05, 0.1) is 18.7 Å². The number of amides is 1. The van der Waals surface area contributed by atoms with Crippen molar-refractivity contribution in [2.75, 3.05) is 6.54 Å². The van der Waals surface area contributed by atoms with Crippen molar-refractivity contribution in [3.8, 4) is 0 Å². The number of alkyl halides is 2. The number of carbonyl (C=O) groups excluding carboxylic acids is 1. The van der Waals surface area contributed by atoms with E-state index >= 15 is 0 Å². The molecule has 1 aliphatic carbocycles. The number of nitrogens with zero attached hydrogens (tertiary/aromatic N) is 4. The van der Waals surface area contributed by atoms with E-state index in [1.165, 1.54) is 11.6 Å². The monoisotopic (exact) mass is 446 g/mol. The SMILES string of the molecule is Cc1c(C2CN(C(=O)c3cc(C4CCC(F)CC4F)on3)Cc3sccc32)cnn1C. The molecule has 1 saturated carbocycles. The molecular formula is C22H24F2N4O2S. The summed E-state index contributed by atoms with van der Waals surface area (Å²) in [6.07, 6.45) is -0.0392. The third kappa shape index (κ3) is 3.58. The first kappa shape index (κ1) is 20.4. The largest absolute Gasteiger partial charge is 0.360 e. The molecule has 6 nitrogen and oxygen atoms in total. The molecule has 9 heteroatoms. The van der Waals surface area contributed by atoms with Crippen LogP contribution >= 0.6 is 11.3 Å². The van der Waals surface area contributed by atoms with E-state index in [4.69, 9.17) is 4.52 Å². The fraction of sp³-hybridized carbons (Fsp3) is 0.500. The molecule has 5 rings (SSSR count). The lowest BCUT2D eigenvalue weighted by Crippen LogP contribution is -2.38. The highest BCUT2D eigenvalue weighted by Crippen LogP contribution is 2.39. The molecule has 4 atom stereocenters. The van der Waals surface area contributed by atoms with Gasteiger partial charge in [0.2, 0.25) is 0 Å². The van der Waals surface area contributed by atoms with E-state index in [1.807, 2.05) is 30.2 Å². The summed E-state index contributed by atoms with van der Waals surface area (Å²) in [5.41, 5.74) is 3.57. The maximum Gasteiger partial charge on any atom is 0.276 e. The van der Waals surface area contributed by atoms with Crippen molar-refractivity contribution in [2.24, 2.45) is 7.05 Å². The van der Waals surface area contributed by atoms with Crippen molar-refractivity contribution in [1.29, 1.82) is 0 Å². The standard InChI is InChI=1S/C22H24F2N4O2S/c1-12-16(9-25-27(12)2)17-10-28(11-21-14(17)5-6-31-21)22(29)19-8-20(30-26-19)15-4-3-13(23)7-18(15)24/h5-6,8-9,13,15,17-18H,3-4,7,10-11H2,1-2H3. The van der Waals surface area contributed by atoms with Gasteiger partial charge in [-0.15, -0.1) is 11.3 Å². The van der Waals surface area contributed by atoms with Gasteiger partial charge >= 0.3 is 0 Å². The van der Waals surface area contributed by atoms with Gasteiger partial charge in [-0.3, -0.25) is 9.48 Å². The topological polar surface area (TPSA) is 64.2 Å². The van der Waals surface area contributed by atoms with Crippen LogP contribution in [-0.2, 0) is 13.6 Å². The highest BCUT2D eigenvalue weighted by molar-refractivity contribution is 7.10. The normalized spacial score (nSPS) is 26.1. The van der Waals surface area contributed by atoms with Gasteiger partial charge in [0.1, 0.15) is 18.1 Å². The number of aromatic nitrogens is 3. The number of carbonyl (C=O) groups is 1. The summed E-state index contributed by atoms with van der Waals surface area (Å²) in [6.45, 7) is 3.04. The van der Waals surface area contributed by atoms with Crippen molar-refractivity contribution in [2.45, 2.75) is 56.9 Å². The fourth-order valence-electron chi connectivity index (χ4n) is 4.74. The maximum absolute atomic E-state index is 14.3. The average Bonchev–Trinajstić information content (AvgIpc) is 3.48. The van der Waals surface area contributed by atoms with Crippen LogP contribution in [0.1, 0.15) is 69.0 Å². The number of thiophene rings is 1. The lowest BCUT2D eigenvalue weighted by atomic mass is 9.84. The molecule has 164 valence electrons. The van der Waals surface area contributed by atoms with Gasteiger partial charge in [-0.1, -0.05) is 5.16 Å². The van der Waals surface area contributed by atoms with Crippen molar-refractivity contribution < 1.29 is 18.1 Å². The van der Waals surface area contributed by atoms with Crippen LogP contribution in [0.25, 0.3) is 0 Å². The second kappa shape index (κ2) is 7.85. The van der Waals surface area contributed by atoms with Crippen molar-refractivity contribution in [1.82, 2.24) is 19.8 Å². The molecule has 3 aromatic heterocycles. The van der Waals surface area contributed by atoms with Gasteiger partial charge in [0.25, 0.3) is 5.91 Å². The second-order valence-electron chi connectivity index (χ2n) is 8.49. The number of halogens is 2. The summed E-state index contributed by atoms with van der Waals surface area (Å²) >= 11 is 1.63. The van der Waals surface area contributed by atoms with Gasteiger partial charge in [0.15, 0.2) is 5.69 Å². The zero-order valence-electron chi connectivity index (χ0n) is 17.4. The molecule has 4 unspecified atom stereocenters. The van der Waals surface area contributed by atoms with Gasteiger partial charge in [-0.2, -0.15) is 5.10 Å². The summed E-state index contributed by atoms with van der Waals surface area (Å²) in [6, 6.07) is 3.65. The predicted octanol–water partition coefficient (Wildman–Crippen LogP) is 4.51. The van der Waals surface area contributed by atoms with E-state index < -0.39 is 18.3 Å². The Labute approximate surface area is 182 Å². The molecule has 1 amide bonds. The Hall–Kier alpha value is -2.55. The van der Waals surface area contributed by atoms with E-state index in [1.54, 1.807) is 16.2 Å². The molecule has 0 spiro atoms. The molecule has 1 fully saturated rings. The Balaban J connectivity index is 1.39. The van der Waals surface area contributed by atoms with Crippen LogP contribution in [-0.4, -0.2) is 44.6 Å². The highest BCUT2D eigenvalue weighted by atomic mass is 32.1. The molecule has 4 heterocycles. The van der Waals surface area contributed by atoms with Crippen LogP contribution in [0.15, 0.2) is 28.2 Å². The minimum absolute atomic E-state index is 0.0362. The first-order valence-electron chi connectivity index (χ1n) is 10.5. The number of hydrogen-bond donors (Lipinski definition) is 0. The van der Waals surface area contributed by atoms with Crippen LogP contribution < -0.4 is 0 Å². The van der Waals surface area contributed by atoms with E-state index in [-0.39, 0.29) is 23.9 Å². The van der Waals surface area contributed by atoms with E-state index in [2.05, 4.69) is 16.3 Å². The van der Waals surface area contributed by atoms with E-state index in [9.17, 15) is 13.6 Å². The molecule has 0 bridgehead atoms. The lowest BCUT2D eigenvalue weighted by molar-refractivity contribution is 0.0716. The van der Waals surface area contributed by atoms with Crippen molar-refractivity contribution in [3.05, 3.63) is 56.9 Å². The van der Waals surface area contributed by atoms with Crippen LogP contribution in [0.5, 0.6) is 0 Å². The van der Waals surface area contributed by atoms with Gasteiger partial charge in [0, 0.05) is 48.1 Å². The minimum Gasteiger partial charge on any atom is -0.360 e. The Morgan fingerprint density at radius 2 is 2.13 bits per heavy atom. The Morgan fingerprint density at radius 1 is 1.29 bits per heavy atom. The van der Waals surface area contributed by atoms with E-state index in [0.717, 1.165) is 16.1 Å². The zero-order chi connectivity index (χ0) is 21.7. The maximum atomic E-state index is 14.3. The highest BCUT2D eigenvalue weighted by Gasteiger charge is 2.36. The molecular weight excluding hydrogens is 422 g/mol. The Bertz CT molecular complexity index is 1110. The van der Waals surface area contributed by atoms with Crippen molar-refractivity contribution in [3.63, 3.8) is 0 Å². The van der Waals surface area contributed by atoms with Crippen molar-refractivity contribution >= 4 is 17.2 Å². The smallest absolute Gasteiger partial charge is 0.276 e. The summed E-state index contributed by atoms with van der Waals surface area (Å²) in [7, 11) is 1.91. The third-order valence-corrected chi connectivity index (χ3v) is 7.57. The number of rotatable bonds is 3. The van der Waals surface area contributed by atoms with Crippen LogP contribution in [0.3, 0.4) is 0 Å². The molecule has 0 radical (unpaired) electrons. The van der Waals surface area contributed by atoms with Gasteiger partial charge in [-0.25, -0.2) is 8.78 Å².